The highest BCUT2D eigenvalue weighted by Gasteiger charge is 2.15. The fraction of sp³-hybridized carbons (Fsp3) is 0.333. The van der Waals surface area contributed by atoms with Crippen LogP contribution >= 0.6 is 11.6 Å². The quantitative estimate of drug-likeness (QED) is 0.907. The minimum Gasteiger partial charge on any atom is -0.437 e. The van der Waals surface area contributed by atoms with E-state index in [-0.39, 0.29) is 5.92 Å². The Kier molecular flexibility index (Phi) is 4.45. The van der Waals surface area contributed by atoms with E-state index in [4.69, 9.17) is 16.3 Å². The Hall–Kier alpha value is -1.81. The van der Waals surface area contributed by atoms with Gasteiger partial charge in [-0.3, -0.25) is 0 Å². The van der Waals surface area contributed by atoms with Crippen LogP contribution in [-0.4, -0.2) is 17.0 Å². The number of hydrogen-bond acceptors (Lipinski definition) is 4. The van der Waals surface area contributed by atoms with Crippen molar-refractivity contribution in [2.24, 2.45) is 0 Å². The Morgan fingerprint density at radius 2 is 1.90 bits per heavy atom. The Balaban J connectivity index is 2.45. The molecule has 1 aromatic heterocycles. The summed E-state index contributed by atoms with van der Waals surface area (Å²) in [6, 6.07) is 7.34. The van der Waals surface area contributed by atoms with Crippen LogP contribution in [0.25, 0.3) is 0 Å². The first-order chi connectivity index (χ1) is 9.52. The number of hydrogen-bond donors (Lipinski definition) is 1. The number of rotatable bonds is 4. The van der Waals surface area contributed by atoms with Crippen LogP contribution in [0.1, 0.15) is 31.2 Å². The van der Waals surface area contributed by atoms with E-state index in [0.29, 0.717) is 16.7 Å². The van der Waals surface area contributed by atoms with Gasteiger partial charge in [0.2, 0.25) is 5.88 Å². The molecule has 0 aliphatic heterocycles. The molecule has 0 bridgehead atoms. The van der Waals surface area contributed by atoms with Gasteiger partial charge in [0.05, 0.1) is 10.6 Å². The van der Waals surface area contributed by atoms with Crippen LogP contribution < -0.4 is 10.1 Å². The highest BCUT2D eigenvalue weighted by molar-refractivity contribution is 6.32. The van der Waals surface area contributed by atoms with Crippen LogP contribution in [0.4, 0.5) is 5.82 Å². The topological polar surface area (TPSA) is 47.0 Å². The van der Waals surface area contributed by atoms with Gasteiger partial charge in [-0.2, -0.15) is 4.98 Å². The van der Waals surface area contributed by atoms with Crippen molar-refractivity contribution in [1.29, 1.82) is 0 Å². The third-order valence-corrected chi connectivity index (χ3v) is 3.23. The monoisotopic (exact) mass is 291 g/mol. The third-order valence-electron chi connectivity index (χ3n) is 2.91. The van der Waals surface area contributed by atoms with Crippen molar-refractivity contribution in [3.8, 4) is 11.6 Å². The normalized spacial score (nSPS) is 10.7. The molecule has 5 heteroatoms. The molecule has 0 radical (unpaired) electrons. The second-order valence-electron chi connectivity index (χ2n) is 4.80. The predicted octanol–water partition coefficient (Wildman–Crippen LogP) is 4.40. The predicted molar refractivity (Wildman–Crippen MR) is 81.9 cm³/mol. The lowest BCUT2D eigenvalue weighted by Gasteiger charge is -2.14. The average Bonchev–Trinajstić information content (AvgIpc) is 2.43. The summed E-state index contributed by atoms with van der Waals surface area (Å²) < 4.78 is 5.85. The van der Waals surface area contributed by atoms with E-state index in [1.165, 1.54) is 0 Å². The van der Waals surface area contributed by atoms with E-state index in [9.17, 15) is 0 Å². The first-order valence-corrected chi connectivity index (χ1v) is 6.89. The van der Waals surface area contributed by atoms with Crippen molar-refractivity contribution in [3.05, 3.63) is 40.7 Å². The minimum absolute atomic E-state index is 0.219. The smallest absolute Gasteiger partial charge is 0.227 e. The zero-order valence-electron chi connectivity index (χ0n) is 12.1. The SMILES string of the molecule is CNc1nc(C(C)C)nc(Oc2ccccc2Cl)c1C. The Bertz CT molecular complexity index is 614. The number of nitrogens with one attached hydrogen (secondary N) is 1. The number of aromatic nitrogens is 2. The van der Waals surface area contributed by atoms with Crippen LogP contribution in [0.3, 0.4) is 0 Å². The second-order valence-corrected chi connectivity index (χ2v) is 5.20. The zero-order valence-corrected chi connectivity index (χ0v) is 12.8. The van der Waals surface area contributed by atoms with Gasteiger partial charge in [-0.05, 0) is 19.1 Å². The van der Waals surface area contributed by atoms with Crippen LogP contribution in [0.2, 0.25) is 5.02 Å². The summed E-state index contributed by atoms with van der Waals surface area (Å²) in [6.07, 6.45) is 0. The molecular formula is C15H18ClN3O. The number of benzene rings is 1. The third kappa shape index (κ3) is 3.02. The fourth-order valence-electron chi connectivity index (χ4n) is 1.75. The van der Waals surface area contributed by atoms with Crippen molar-refractivity contribution < 1.29 is 4.74 Å². The first-order valence-electron chi connectivity index (χ1n) is 6.51. The lowest BCUT2D eigenvalue weighted by atomic mass is 10.2. The number of halogens is 1. The molecule has 0 amide bonds. The van der Waals surface area contributed by atoms with Gasteiger partial charge in [-0.15, -0.1) is 0 Å². The Morgan fingerprint density at radius 1 is 1.20 bits per heavy atom. The van der Waals surface area contributed by atoms with Crippen molar-refractivity contribution >= 4 is 17.4 Å². The van der Waals surface area contributed by atoms with Gasteiger partial charge in [0.25, 0.3) is 0 Å². The molecule has 0 saturated carbocycles. The van der Waals surface area contributed by atoms with E-state index in [1.54, 1.807) is 6.07 Å². The lowest BCUT2D eigenvalue weighted by molar-refractivity contribution is 0.453. The summed E-state index contributed by atoms with van der Waals surface area (Å²) in [5, 5.41) is 3.63. The number of para-hydroxylation sites is 1. The maximum absolute atomic E-state index is 6.12. The Morgan fingerprint density at radius 3 is 2.50 bits per heavy atom. The van der Waals surface area contributed by atoms with Crippen LogP contribution in [0.5, 0.6) is 11.6 Å². The molecule has 106 valence electrons. The van der Waals surface area contributed by atoms with E-state index in [1.807, 2.05) is 46.0 Å². The molecule has 0 aliphatic carbocycles. The summed E-state index contributed by atoms with van der Waals surface area (Å²) in [4.78, 5) is 8.96. The van der Waals surface area contributed by atoms with Crippen molar-refractivity contribution in [1.82, 2.24) is 9.97 Å². The number of nitrogens with zero attached hydrogens (tertiary/aromatic N) is 2. The molecule has 2 aromatic rings. The zero-order chi connectivity index (χ0) is 14.7. The maximum Gasteiger partial charge on any atom is 0.227 e. The van der Waals surface area contributed by atoms with Crippen LogP contribution in [-0.2, 0) is 0 Å². The van der Waals surface area contributed by atoms with Crippen molar-refractivity contribution in [2.45, 2.75) is 26.7 Å². The van der Waals surface area contributed by atoms with Crippen LogP contribution in [0, 0.1) is 6.92 Å². The maximum atomic E-state index is 6.12. The molecule has 1 heterocycles. The molecule has 0 spiro atoms. The van der Waals surface area contributed by atoms with E-state index < -0.39 is 0 Å². The van der Waals surface area contributed by atoms with Gasteiger partial charge in [0, 0.05) is 13.0 Å². The summed E-state index contributed by atoms with van der Waals surface area (Å²) >= 11 is 6.12. The van der Waals surface area contributed by atoms with Gasteiger partial charge in [0.15, 0.2) is 0 Å². The fourth-order valence-corrected chi connectivity index (χ4v) is 1.92. The molecule has 1 aromatic carbocycles. The summed E-state index contributed by atoms with van der Waals surface area (Å²) in [7, 11) is 1.83. The molecule has 20 heavy (non-hydrogen) atoms. The largest absolute Gasteiger partial charge is 0.437 e. The molecule has 1 N–H and O–H groups in total. The highest BCUT2D eigenvalue weighted by Crippen LogP contribution is 2.32. The lowest BCUT2D eigenvalue weighted by Crippen LogP contribution is -2.06. The molecule has 0 unspecified atom stereocenters. The number of anilines is 1. The van der Waals surface area contributed by atoms with E-state index in [2.05, 4.69) is 15.3 Å². The van der Waals surface area contributed by atoms with Crippen molar-refractivity contribution in [2.75, 3.05) is 12.4 Å². The van der Waals surface area contributed by atoms with E-state index in [0.717, 1.165) is 17.2 Å². The Labute approximate surface area is 124 Å². The molecule has 0 saturated heterocycles. The van der Waals surface area contributed by atoms with Crippen molar-refractivity contribution in [3.63, 3.8) is 0 Å². The molecular weight excluding hydrogens is 274 g/mol. The van der Waals surface area contributed by atoms with Gasteiger partial charge in [0.1, 0.15) is 17.4 Å². The van der Waals surface area contributed by atoms with Crippen LogP contribution in [0.15, 0.2) is 24.3 Å². The number of ether oxygens (including phenoxy) is 1. The first kappa shape index (κ1) is 14.6. The molecule has 0 fully saturated rings. The molecule has 4 nitrogen and oxygen atoms in total. The molecule has 0 aliphatic rings. The standard InChI is InChI=1S/C15H18ClN3O/c1-9(2)13-18-14(17-4)10(3)15(19-13)20-12-8-6-5-7-11(12)16/h5-9H,1-4H3,(H,17,18,19). The van der Waals surface area contributed by atoms with Gasteiger partial charge in [-0.25, -0.2) is 4.98 Å². The van der Waals surface area contributed by atoms with Gasteiger partial charge < -0.3 is 10.1 Å². The van der Waals surface area contributed by atoms with Gasteiger partial charge in [-0.1, -0.05) is 37.6 Å². The summed E-state index contributed by atoms with van der Waals surface area (Å²) in [5.41, 5.74) is 0.858. The van der Waals surface area contributed by atoms with Gasteiger partial charge >= 0.3 is 0 Å². The second kappa shape index (κ2) is 6.09. The summed E-state index contributed by atoms with van der Waals surface area (Å²) in [6.45, 7) is 6.01. The minimum atomic E-state index is 0.219. The molecule has 2 rings (SSSR count). The summed E-state index contributed by atoms with van der Waals surface area (Å²) in [5.74, 6) is 2.85. The average molecular weight is 292 g/mol. The molecule has 0 atom stereocenters. The highest BCUT2D eigenvalue weighted by atomic mass is 35.5. The van der Waals surface area contributed by atoms with E-state index >= 15 is 0 Å².